The lowest BCUT2D eigenvalue weighted by molar-refractivity contribution is -0.0496. The van der Waals surface area contributed by atoms with Crippen molar-refractivity contribution < 1.29 is 9.84 Å². The Morgan fingerprint density at radius 1 is 1.21 bits per heavy atom. The van der Waals surface area contributed by atoms with Crippen molar-refractivity contribution >= 4 is 0 Å². The predicted octanol–water partition coefficient (Wildman–Crippen LogP) is 6.30. The van der Waals surface area contributed by atoms with Gasteiger partial charge in [0.05, 0.1) is 11.7 Å². The summed E-state index contributed by atoms with van der Waals surface area (Å²) in [6, 6.07) is 0. The van der Waals surface area contributed by atoms with Crippen LogP contribution in [-0.4, -0.2) is 22.9 Å². The SMILES string of the molecule is C[C@H](CCCC(C)(C)O)[C@H]1CC[C@H]2[C@@H]3CC=C4C=C[C@@H]5O[C@@H]5[C@]4(C)[C@H]3CC[C@]12C. The van der Waals surface area contributed by atoms with Gasteiger partial charge in [0.15, 0.2) is 0 Å². The van der Waals surface area contributed by atoms with E-state index >= 15 is 0 Å². The molecule has 1 saturated heterocycles. The summed E-state index contributed by atoms with van der Waals surface area (Å²) in [4.78, 5) is 0. The normalized spacial score (nSPS) is 48.8. The zero-order valence-electron chi connectivity index (χ0n) is 19.3. The highest BCUT2D eigenvalue weighted by Gasteiger charge is 2.64. The molecule has 1 N–H and O–H groups in total. The maximum atomic E-state index is 10.1. The molecule has 2 saturated carbocycles. The molecule has 0 amide bonds. The molecule has 0 unspecified atom stereocenters. The number of fused-ring (bicyclic) bond motifs is 7. The lowest BCUT2D eigenvalue weighted by atomic mass is 9.47. The number of allylic oxidation sites excluding steroid dienone is 2. The molecule has 0 aromatic rings. The average molecular weight is 399 g/mol. The molecular weight excluding hydrogens is 356 g/mol. The van der Waals surface area contributed by atoms with Gasteiger partial charge in [-0.25, -0.2) is 0 Å². The molecule has 0 aromatic carbocycles. The minimum Gasteiger partial charge on any atom is -0.390 e. The van der Waals surface area contributed by atoms with Gasteiger partial charge < -0.3 is 9.84 Å². The first kappa shape index (κ1) is 20.3. The van der Waals surface area contributed by atoms with E-state index < -0.39 is 5.60 Å². The van der Waals surface area contributed by atoms with Crippen LogP contribution in [0.2, 0.25) is 0 Å². The van der Waals surface area contributed by atoms with Crippen LogP contribution in [0.1, 0.15) is 86.0 Å². The fourth-order valence-electron chi connectivity index (χ4n) is 8.67. The fraction of sp³-hybridized carbons (Fsp3) is 0.852. The molecule has 0 radical (unpaired) electrons. The third-order valence-electron chi connectivity index (χ3n) is 10.2. The topological polar surface area (TPSA) is 32.8 Å². The molecule has 1 aliphatic heterocycles. The lowest BCUT2D eigenvalue weighted by Crippen LogP contribution is -2.51. The maximum absolute atomic E-state index is 10.1. The molecule has 3 fully saturated rings. The molecule has 0 aromatic heterocycles. The Hall–Kier alpha value is -0.600. The zero-order valence-corrected chi connectivity index (χ0v) is 19.3. The van der Waals surface area contributed by atoms with Crippen LogP contribution in [0.15, 0.2) is 23.8 Å². The van der Waals surface area contributed by atoms with Crippen molar-refractivity contribution in [2.24, 2.45) is 40.4 Å². The van der Waals surface area contributed by atoms with Gasteiger partial charge in [0.2, 0.25) is 0 Å². The zero-order chi connectivity index (χ0) is 20.6. The first-order chi connectivity index (χ1) is 13.6. The van der Waals surface area contributed by atoms with Gasteiger partial charge >= 0.3 is 0 Å². The number of hydrogen-bond acceptors (Lipinski definition) is 2. The lowest BCUT2D eigenvalue weighted by Gasteiger charge is -2.56. The fourth-order valence-corrected chi connectivity index (χ4v) is 8.67. The van der Waals surface area contributed by atoms with Crippen molar-refractivity contribution in [2.45, 2.75) is 104 Å². The average Bonchev–Trinajstić information content (AvgIpc) is 3.35. The van der Waals surface area contributed by atoms with Crippen molar-refractivity contribution in [3.8, 4) is 0 Å². The second-order valence-corrected chi connectivity index (χ2v) is 12.3. The van der Waals surface area contributed by atoms with E-state index in [4.69, 9.17) is 4.74 Å². The standard InChI is InChI=1S/C27H42O2/c1-17(7-6-15-25(2,3)28)20-11-12-21-19-10-8-18-9-13-23-24(29-23)27(18,5)22(19)14-16-26(20,21)4/h8-9,13,17,19-24,28H,6-7,10-12,14-16H2,1-5H3/t17-,19+,20-,21+,22+,23+,24+,26-,27+/m1/s1. The Labute approximate surface area is 178 Å². The number of rotatable bonds is 5. The predicted molar refractivity (Wildman–Crippen MR) is 118 cm³/mol. The molecule has 5 aliphatic rings. The summed E-state index contributed by atoms with van der Waals surface area (Å²) in [5.41, 5.74) is 1.85. The van der Waals surface area contributed by atoms with E-state index in [0.29, 0.717) is 17.6 Å². The largest absolute Gasteiger partial charge is 0.390 e. The van der Waals surface area contributed by atoms with E-state index in [-0.39, 0.29) is 5.41 Å². The molecule has 4 aliphatic carbocycles. The van der Waals surface area contributed by atoms with Gasteiger partial charge in [0.1, 0.15) is 6.10 Å². The summed E-state index contributed by atoms with van der Waals surface area (Å²) < 4.78 is 6.12. The van der Waals surface area contributed by atoms with Gasteiger partial charge in [-0.05, 0) is 93.0 Å². The van der Waals surface area contributed by atoms with Crippen LogP contribution in [0.25, 0.3) is 0 Å². The summed E-state index contributed by atoms with van der Waals surface area (Å²) in [5, 5.41) is 10.1. The third-order valence-corrected chi connectivity index (χ3v) is 10.2. The molecule has 1 heterocycles. The van der Waals surface area contributed by atoms with E-state index in [2.05, 4.69) is 39.0 Å². The molecule has 5 rings (SSSR count). The third kappa shape index (κ3) is 3.11. The summed E-state index contributed by atoms with van der Waals surface area (Å²) in [6.45, 7) is 11.6. The molecule has 2 nitrogen and oxygen atoms in total. The highest BCUT2D eigenvalue weighted by atomic mass is 16.6. The Morgan fingerprint density at radius 3 is 2.76 bits per heavy atom. The molecule has 162 valence electrons. The van der Waals surface area contributed by atoms with Crippen molar-refractivity contribution in [3.63, 3.8) is 0 Å². The summed E-state index contributed by atoms with van der Waals surface area (Å²) >= 11 is 0. The summed E-state index contributed by atoms with van der Waals surface area (Å²) in [5.74, 6) is 4.20. The van der Waals surface area contributed by atoms with Crippen LogP contribution < -0.4 is 0 Å². The van der Waals surface area contributed by atoms with E-state index in [1.807, 2.05) is 13.8 Å². The summed E-state index contributed by atoms with van der Waals surface area (Å²) in [6.07, 6.45) is 18.4. The highest BCUT2D eigenvalue weighted by molar-refractivity contribution is 5.40. The van der Waals surface area contributed by atoms with E-state index in [1.165, 1.54) is 38.5 Å². The Balaban J connectivity index is 1.32. The van der Waals surface area contributed by atoms with Gasteiger partial charge in [0.25, 0.3) is 0 Å². The van der Waals surface area contributed by atoms with Crippen molar-refractivity contribution in [3.05, 3.63) is 23.8 Å². The highest BCUT2D eigenvalue weighted by Crippen LogP contribution is 2.68. The number of epoxide rings is 1. The van der Waals surface area contributed by atoms with Crippen LogP contribution in [-0.2, 0) is 4.74 Å². The van der Waals surface area contributed by atoms with Gasteiger partial charge in [-0.2, -0.15) is 0 Å². The second kappa shape index (κ2) is 6.70. The smallest absolute Gasteiger partial charge is 0.104 e. The van der Waals surface area contributed by atoms with Crippen LogP contribution in [0.3, 0.4) is 0 Å². The Bertz CT molecular complexity index is 715. The van der Waals surface area contributed by atoms with Crippen LogP contribution in [0.4, 0.5) is 0 Å². The number of hydrogen-bond donors (Lipinski definition) is 1. The van der Waals surface area contributed by atoms with E-state index in [9.17, 15) is 5.11 Å². The van der Waals surface area contributed by atoms with E-state index in [0.717, 1.165) is 42.4 Å². The van der Waals surface area contributed by atoms with Gasteiger partial charge in [-0.15, -0.1) is 0 Å². The maximum Gasteiger partial charge on any atom is 0.104 e. The van der Waals surface area contributed by atoms with Gasteiger partial charge in [-0.3, -0.25) is 0 Å². The van der Waals surface area contributed by atoms with Crippen molar-refractivity contribution in [1.82, 2.24) is 0 Å². The van der Waals surface area contributed by atoms with Crippen LogP contribution in [0, 0.1) is 40.4 Å². The quantitative estimate of drug-likeness (QED) is 0.552. The molecule has 0 spiro atoms. The van der Waals surface area contributed by atoms with Crippen molar-refractivity contribution in [1.29, 1.82) is 0 Å². The molecular formula is C27H42O2. The van der Waals surface area contributed by atoms with Gasteiger partial charge in [-0.1, -0.05) is 51.8 Å². The number of aliphatic hydroxyl groups is 1. The second-order valence-electron chi connectivity index (χ2n) is 12.3. The molecule has 2 heteroatoms. The Kier molecular flexibility index (Phi) is 4.69. The van der Waals surface area contributed by atoms with Crippen LogP contribution >= 0.6 is 0 Å². The van der Waals surface area contributed by atoms with Crippen molar-refractivity contribution in [2.75, 3.05) is 0 Å². The minimum atomic E-state index is -0.515. The Morgan fingerprint density at radius 2 is 2.00 bits per heavy atom. The van der Waals surface area contributed by atoms with Crippen LogP contribution in [0.5, 0.6) is 0 Å². The number of ether oxygens (including phenoxy) is 1. The first-order valence-electron chi connectivity index (χ1n) is 12.4. The molecule has 0 bridgehead atoms. The van der Waals surface area contributed by atoms with E-state index in [1.54, 1.807) is 5.57 Å². The van der Waals surface area contributed by atoms with Gasteiger partial charge in [0, 0.05) is 5.41 Å². The molecule has 29 heavy (non-hydrogen) atoms. The monoisotopic (exact) mass is 398 g/mol. The molecule has 9 atom stereocenters. The minimum absolute atomic E-state index is 0.264. The summed E-state index contributed by atoms with van der Waals surface area (Å²) in [7, 11) is 0. The first-order valence-corrected chi connectivity index (χ1v) is 12.4.